The summed E-state index contributed by atoms with van der Waals surface area (Å²) in [5, 5.41) is 23.1. The van der Waals surface area contributed by atoms with Gasteiger partial charge in [-0.2, -0.15) is 15.8 Å². The van der Waals surface area contributed by atoms with Crippen molar-refractivity contribution in [3.63, 3.8) is 0 Å². The van der Waals surface area contributed by atoms with E-state index in [0.717, 1.165) is 0 Å². The summed E-state index contributed by atoms with van der Waals surface area (Å²) in [4.78, 5) is 47.3. The molecule has 0 aromatic rings. The van der Waals surface area contributed by atoms with Crippen LogP contribution in [-0.4, -0.2) is 49.2 Å². The number of rotatable bonds is 6. The number of phosphoric acid groups is 3. The molecule has 0 aliphatic heterocycles. The van der Waals surface area contributed by atoms with Crippen LogP contribution in [0.2, 0.25) is 0 Å². The molecule has 0 aromatic heterocycles. The SMILES string of the molecule is N#CCOP(=O)(O)O.N#CCOP(=O)(O)O.N#CCOP(=O)(O)O.[H-].[H-].[H-].[H-].[H-].[H-].[H-].[K+].[K+].[K+].[K+].[K+].[K+].[K+]. The van der Waals surface area contributed by atoms with Gasteiger partial charge in [0.25, 0.3) is 0 Å². The van der Waals surface area contributed by atoms with Gasteiger partial charge in [0.2, 0.25) is 0 Å². The Labute approximate surface area is 487 Å². The van der Waals surface area contributed by atoms with Crippen LogP contribution < -0.4 is 360 Å². The summed E-state index contributed by atoms with van der Waals surface area (Å²) in [6.45, 7) is -1.74. The molecule has 0 atom stereocenters. The van der Waals surface area contributed by atoms with Gasteiger partial charge in [-0.25, -0.2) is 13.7 Å². The third-order valence-corrected chi connectivity index (χ3v) is 2.29. The molecule has 6 N–H and O–H groups in total. The van der Waals surface area contributed by atoms with Crippen LogP contribution in [0.1, 0.15) is 9.99 Å². The van der Waals surface area contributed by atoms with E-state index in [1.165, 1.54) is 18.2 Å². The molecule has 0 aromatic carbocycles. The Balaban J connectivity index is -0.00000000980. The maximum Gasteiger partial charge on any atom is 1.00 e. The molecule has 0 amide bonds. The van der Waals surface area contributed by atoms with Crippen molar-refractivity contribution in [1.82, 2.24) is 0 Å². The quantitative estimate of drug-likeness (QED) is 0.111. The second-order valence-corrected chi connectivity index (χ2v) is 6.48. The topological polar surface area (TPSA) is 272 Å². The van der Waals surface area contributed by atoms with Crippen LogP contribution in [0.5, 0.6) is 0 Å². The van der Waals surface area contributed by atoms with Crippen molar-refractivity contribution in [2.45, 2.75) is 0 Å². The summed E-state index contributed by atoms with van der Waals surface area (Å²) >= 11 is 0. The molecule has 0 saturated carbocycles. The van der Waals surface area contributed by atoms with Crippen molar-refractivity contribution in [1.29, 1.82) is 15.8 Å². The molecule has 0 saturated heterocycles. The molecule has 0 spiro atoms. The number of phosphoric ester groups is 3. The Morgan fingerprint density at radius 2 is 0.645 bits per heavy atom. The first kappa shape index (κ1) is 68.4. The van der Waals surface area contributed by atoms with Crippen LogP contribution >= 0.6 is 23.5 Å². The van der Waals surface area contributed by atoms with Gasteiger partial charge in [-0.15, -0.1) is 0 Å². The molecule has 0 bridgehead atoms. The predicted octanol–water partition coefficient (Wildman–Crippen LogP) is -21.3. The second-order valence-electron chi connectivity index (χ2n) is 2.77. The van der Waals surface area contributed by atoms with E-state index >= 15 is 0 Å². The molecule has 0 radical (unpaired) electrons. The zero-order valence-electron chi connectivity index (χ0n) is 25.4. The Morgan fingerprint density at radius 1 is 0.516 bits per heavy atom. The largest absolute Gasteiger partial charge is 1.00 e. The molecule has 31 heavy (non-hydrogen) atoms. The molecule has 152 valence electrons. The molecule has 0 fully saturated rings. The summed E-state index contributed by atoms with van der Waals surface area (Å²) in [5.74, 6) is 0. The summed E-state index contributed by atoms with van der Waals surface area (Å²) in [6.07, 6.45) is 0. The average Bonchev–Trinajstić information content (AvgIpc) is 2.39. The minimum Gasteiger partial charge on any atom is -1.00 e. The Hall–Kier alpha value is 10.3. The van der Waals surface area contributed by atoms with Gasteiger partial charge in [0, 0.05) is 0 Å². The number of hydrogen-bond acceptors (Lipinski definition) is 9. The van der Waals surface area contributed by atoms with Crippen molar-refractivity contribution >= 4 is 23.5 Å². The molecular formula is C6H19K7N3O12P3. The standard InChI is InChI=1S/3C2H4NO4P.7K.7H/c3*3-1-2-7-8(4,5)6;;;;;;;;;;;;;;/h3*2H2,(H2,4,5,6);;;;;;;;;;;;;;/q;;;7*+1;7*-1. The summed E-state index contributed by atoms with van der Waals surface area (Å²) in [7, 11) is -13.2. The van der Waals surface area contributed by atoms with E-state index in [-0.39, 0.29) is 370 Å². The first-order valence-corrected chi connectivity index (χ1v) is 9.48. The molecule has 0 heterocycles. The van der Waals surface area contributed by atoms with Gasteiger partial charge in [-0.05, 0) is 0 Å². The fraction of sp³-hybridized carbons (Fsp3) is 0.500. The van der Waals surface area contributed by atoms with E-state index in [4.69, 9.17) is 45.1 Å². The van der Waals surface area contributed by atoms with E-state index in [1.807, 2.05) is 0 Å². The van der Waals surface area contributed by atoms with Gasteiger partial charge in [-0.1, -0.05) is 0 Å². The summed E-state index contributed by atoms with van der Waals surface area (Å²) in [5.41, 5.74) is 0. The van der Waals surface area contributed by atoms with Crippen LogP contribution in [0, 0.1) is 34.0 Å². The number of hydrogen-bond donors (Lipinski definition) is 6. The minimum absolute atomic E-state index is 0. The molecular weight excluding hydrogens is 673 g/mol. The van der Waals surface area contributed by atoms with E-state index < -0.39 is 43.3 Å². The molecule has 15 nitrogen and oxygen atoms in total. The average molecular weight is 692 g/mol. The van der Waals surface area contributed by atoms with Crippen LogP contribution in [0.25, 0.3) is 0 Å². The van der Waals surface area contributed by atoms with Gasteiger partial charge in [0.1, 0.15) is 19.8 Å². The normalized spacial score (nSPS) is 8.23. The molecule has 0 unspecified atom stereocenters. The van der Waals surface area contributed by atoms with Crippen molar-refractivity contribution in [3.05, 3.63) is 0 Å². The second kappa shape index (κ2) is 44.7. The van der Waals surface area contributed by atoms with Crippen LogP contribution in [0.3, 0.4) is 0 Å². The predicted molar refractivity (Wildman–Crippen MR) is 78.6 cm³/mol. The number of nitrogens with zero attached hydrogens (tertiary/aromatic N) is 3. The number of nitriles is 3. The maximum absolute atomic E-state index is 9.71. The molecule has 25 heteroatoms. The van der Waals surface area contributed by atoms with Crippen LogP contribution in [-0.2, 0) is 27.3 Å². The minimum atomic E-state index is -4.40. The smallest absolute Gasteiger partial charge is 1.00 e. The first-order chi connectivity index (χ1) is 10.7. The Kier molecular flexibility index (Phi) is 98.7. The van der Waals surface area contributed by atoms with Gasteiger partial charge < -0.3 is 39.3 Å². The Morgan fingerprint density at radius 3 is 0.677 bits per heavy atom. The molecule has 0 aliphatic carbocycles. The van der Waals surface area contributed by atoms with Crippen LogP contribution in [0.15, 0.2) is 0 Å². The molecule has 0 rings (SSSR count). The van der Waals surface area contributed by atoms with E-state index in [9.17, 15) is 13.7 Å². The van der Waals surface area contributed by atoms with Crippen LogP contribution in [0.4, 0.5) is 0 Å². The summed E-state index contributed by atoms with van der Waals surface area (Å²) < 4.78 is 40.2. The van der Waals surface area contributed by atoms with Crippen molar-refractivity contribution in [3.8, 4) is 18.2 Å². The van der Waals surface area contributed by atoms with E-state index in [0.29, 0.717) is 0 Å². The van der Waals surface area contributed by atoms with Crippen molar-refractivity contribution in [2.75, 3.05) is 19.8 Å². The van der Waals surface area contributed by atoms with Crippen molar-refractivity contribution in [2.24, 2.45) is 0 Å². The third-order valence-electron chi connectivity index (χ3n) is 0.892. The monoisotopic (exact) mass is 691 g/mol. The Bertz CT molecular complexity index is 563. The molecule has 0 aliphatic rings. The third kappa shape index (κ3) is 92.4. The van der Waals surface area contributed by atoms with E-state index in [2.05, 4.69) is 13.6 Å². The fourth-order valence-corrected chi connectivity index (χ4v) is 1.02. The van der Waals surface area contributed by atoms with Gasteiger partial charge >= 0.3 is 383 Å². The van der Waals surface area contributed by atoms with Gasteiger partial charge in [0.05, 0.1) is 18.2 Å². The zero-order chi connectivity index (χ0) is 19.9. The fourth-order valence-electron chi connectivity index (χ4n) is 0.339. The van der Waals surface area contributed by atoms with E-state index in [1.54, 1.807) is 0 Å². The van der Waals surface area contributed by atoms with Gasteiger partial charge in [0.15, 0.2) is 0 Å². The maximum atomic E-state index is 9.71. The van der Waals surface area contributed by atoms with Crippen molar-refractivity contribution < 1.29 is 426 Å². The zero-order valence-corrected chi connectivity index (χ0v) is 43.0. The van der Waals surface area contributed by atoms with Gasteiger partial charge in [-0.3, -0.25) is 13.6 Å². The summed E-state index contributed by atoms with van der Waals surface area (Å²) in [6, 6.07) is 4.23. The first-order valence-electron chi connectivity index (χ1n) is 4.89.